The minimum Gasteiger partial charge on any atom is -0.379 e. The molecule has 2 saturated heterocycles. The predicted octanol–water partition coefficient (Wildman–Crippen LogP) is 1.66. The lowest BCUT2D eigenvalue weighted by molar-refractivity contribution is 0.0890. The van der Waals surface area contributed by atoms with Crippen LogP contribution in [0.3, 0.4) is 0 Å². The summed E-state index contributed by atoms with van der Waals surface area (Å²) in [6.07, 6.45) is 0.839. The van der Waals surface area contributed by atoms with Crippen LogP contribution in [0.1, 0.15) is 23.7 Å². The number of ether oxygens (including phenoxy) is 1. The molecule has 1 aromatic carbocycles. The van der Waals surface area contributed by atoms with E-state index in [1.807, 2.05) is 19.1 Å². The first-order valence-electron chi connectivity index (χ1n) is 7.73. The third-order valence-electron chi connectivity index (χ3n) is 4.30. The highest BCUT2D eigenvalue weighted by Gasteiger charge is 2.31. The molecule has 1 unspecified atom stereocenters. The Morgan fingerprint density at radius 2 is 2.18 bits per heavy atom. The number of nitrogens with zero attached hydrogens (tertiary/aromatic N) is 1. The Balaban J connectivity index is 1.72. The Morgan fingerprint density at radius 1 is 1.41 bits per heavy atom. The van der Waals surface area contributed by atoms with Crippen LogP contribution in [0.2, 0.25) is 5.02 Å². The summed E-state index contributed by atoms with van der Waals surface area (Å²) in [4.78, 5) is 14.6. The van der Waals surface area contributed by atoms with Gasteiger partial charge in [-0.1, -0.05) is 11.6 Å². The normalized spacial score (nSPS) is 25.3. The topological polar surface area (TPSA) is 53.6 Å². The van der Waals surface area contributed by atoms with Gasteiger partial charge in [0.05, 0.1) is 22.9 Å². The Morgan fingerprint density at radius 3 is 2.82 bits per heavy atom. The van der Waals surface area contributed by atoms with Gasteiger partial charge in [-0.2, -0.15) is 0 Å². The minimum atomic E-state index is -0.277. The summed E-state index contributed by atoms with van der Waals surface area (Å²) in [5, 5.41) is 7.00. The van der Waals surface area contributed by atoms with Gasteiger partial charge in [-0.25, -0.2) is 0 Å². The fraction of sp³-hybridized carbons (Fsp3) is 0.562. The zero-order valence-electron chi connectivity index (χ0n) is 12.8. The van der Waals surface area contributed by atoms with Crippen LogP contribution in [0, 0.1) is 0 Å². The lowest BCUT2D eigenvalue weighted by Gasteiger charge is -2.30. The first kappa shape index (κ1) is 15.6. The molecule has 0 radical (unpaired) electrons. The second-order valence-corrected chi connectivity index (χ2v) is 6.63. The van der Waals surface area contributed by atoms with Crippen LogP contribution in [0.5, 0.6) is 0 Å². The Hall–Kier alpha value is -1.30. The van der Waals surface area contributed by atoms with Crippen LogP contribution < -0.4 is 15.5 Å². The van der Waals surface area contributed by atoms with E-state index in [4.69, 9.17) is 16.3 Å². The molecule has 2 heterocycles. The van der Waals surface area contributed by atoms with Crippen molar-refractivity contribution in [3.05, 3.63) is 28.8 Å². The van der Waals surface area contributed by atoms with E-state index in [0.717, 1.165) is 38.3 Å². The summed E-state index contributed by atoms with van der Waals surface area (Å²) in [6.45, 7) is 7.04. The van der Waals surface area contributed by atoms with Crippen molar-refractivity contribution in [1.29, 1.82) is 0 Å². The molecular weight excluding hydrogens is 302 g/mol. The van der Waals surface area contributed by atoms with Crippen molar-refractivity contribution in [3.63, 3.8) is 0 Å². The quantitative estimate of drug-likeness (QED) is 0.888. The van der Waals surface area contributed by atoms with Crippen LogP contribution in [0.4, 0.5) is 5.69 Å². The van der Waals surface area contributed by atoms with Gasteiger partial charge in [0.2, 0.25) is 0 Å². The molecule has 1 aromatic rings. The van der Waals surface area contributed by atoms with Gasteiger partial charge in [0, 0.05) is 38.3 Å². The Kier molecular flexibility index (Phi) is 4.57. The number of hydrogen-bond donors (Lipinski definition) is 2. The van der Waals surface area contributed by atoms with E-state index in [1.54, 1.807) is 6.07 Å². The van der Waals surface area contributed by atoms with Crippen LogP contribution in [-0.2, 0) is 4.74 Å². The molecule has 0 spiro atoms. The van der Waals surface area contributed by atoms with E-state index in [1.165, 1.54) is 0 Å². The van der Waals surface area contributed by atoms with Crippen molar-refractivity contribution in [3.8, 4) is 0 Å². The highest BCUT2D eigenvalue weighted by atomic mass is 35.5. The second kappa shape index (κ2) is 6.44. The van der Waals surface area contributed by atoms with E-state index < -0.39 is 0 Å². The molecule has 0 aromatic heterocycles. The molecule has 22 heavy (non-hydrogen) atoms. The molecule has 1 amide bonds. The zero-order chi connectivity index (χ0) is 15.6. The highest BCUT2D eigenvalue weighted by Crippen LogP contribution is 2.27. The molecule has 5 nitrogen and oxygen atoms in total. The van der Waals surface area contributed by atoms with Gasteiger partial charge in [-0.3, -0.25) is 4.79 Å². The van der Waals surface area contributed by atoms with Crippen LogP contribution in [0.25, 0.3) is 0 Å². The third-order valence-corrected chi connectivity index (χ3v) is 4.60. The minimum absolute atomic E-state index is 0.0956. The van der Waals surface area contributed by atoms with Crippen molar-refractivity contribution in [1.82, 2.24) is 10.6 Å². The molecule has 2 aliphatic rings. The van der Waals surface area contributed by atoms with Gasteiger partial charge in [0.1, 0.15) is 0 Å². The number of benzene rings is 1. The monoisotopic (exact) mass is 323 g/mol. The maximum Gasteiger partial charge on any atom is 0.251 e. The summed E-state index contributed by atoms with van der Waals surface area (Å²) in [5.74, 6) is -0.0956. The van der Waals surface area contributed by atoms with Gasteiger partial charge in [-0.05, 0) is 31.5 Å². The van der Waals surface area contributed by atoms with Crippen LogP contribution >= 0.6 is 11.6 Å². The van der Waals surface area contributed by atoms with Crippen molar-refractivity contribution < 1.29 is 9.53 Å². The average molecular weight is 324 g/mol. The van der Waals surface area contributed by atoms with Crippen molar-refractivity contribution in [2.75, 3.05) is 44.3 Å². The number of carbonyl (C=O) groups is 1. The van der Waals surface area contributed by atoms with Gasteiger partial charge in [-0.15, -0.1) is 0 Å². The van der Waals surface area contributed by atoms with Gasteiger partial charge >= 0.3 is 0 Å². The first-order chi connectivity index (χ1) is 10.6. The van der Waals surface area contributed by atoms with E-state index in [9.17, 15) is 4.79 Å². The highest BCUT2D eigenvalue weighted by molar-refractivity contribution is 6.33. The SMILES string of the molecule is CC1(NC(=O)c2ccc(N3CCNCC3)c(Cl)c2)CCOC1. The lowest BCUT2D eigenvalue weighted by Crippen LogP contribution is -2.46. The van der Waals surface area contributed by atoms with E-state index in [0.29, 0.717) is 23.8 Å². The summed E-state index contributed by atoms with van der Waals surface area (Å²) < 4.78 is 5.37. The third kappa shape index (κ3) is 3.37. The summed E-state index contributed by atoms with van der Waals surface area (Å²) in [5.41, 5.74) is 1.31. The fourth-order valence-electron chi connectivity index (χ4n) is 2.92. The fourth-order valence-corrected chi connectivity index (χ4v) is 3.22. The zero-order valence-corrected chi connectivity index (χ0v) is 13.6. The standard InChI is InChI=1S/C16H22ClN3O2/c1-16(4-9-22-11-16)19-15(21)12-2-3-14(13(17)10-12)20-7-5-18-6-8-20/h2-3,10,18H,4-9,11H2,1H3,(H,19,21). The molecule has 2 N–H and O–H groups in total. The van der Waals surface area contributed by atoms with Gasteiger partial charge < -0.3 is 20.3 Å². The van der Waals surface area contributed by atoms with E-state index in [2.05, 4.69) is 15.5 Å². The summed E-state index contributed by atoms with van der Waals surface area (Å²) in [7, 11) is 0. The molecule has 2 aliphatic heterocycles. The van der Waals surface area contributed by atoms with Crippen molar-refractivity contribution >= 4 is 23.2 Å². The molecule has 120 valence electrons. The molecule has 3 rings (SSSR count). The van der Waals surface area contributed by atoms with E-state index >= 15 is 0 Å². The number of anilines is 1. The number of hydrogen-bond acceptors (Lipinski definition) is 4. The van der Waals surface area contributed by atoms with Gasteiger partial charge in [0.25, 0.3) is 5.91 Å². The van der Waals surface area contributed by atoms with Crippen LogP contribution in [-0.4, -0.2) is 50.8 Å². The number of piperazine rings is 1. The molecule has 6 heteroatoms. The molecule has 0 aliphatic carbocycles. The molecule has 0 bridgehead atoms. The van der Waals surface area contributed by atoms with Crippen LogP contribution in [0.15, 0.2) is 18.2 Å². The predicted molar refractivity (Wildman–Crippen MR) is 87.8 cm³/mol. The Bertz CT molecular complexity index is 552. The van der Waals surface area contributed by atoms with Gasteiger partial charge in [0.15, 0.2) is 0 Å². The summed E-state index contributed by atoms with van der Waals surface area (Å²) in [6, 6.07) is 5.54. The molecule has 0 saturated carbocycles. The largest absolute Gasteiger partial charge is 0.379 e. The molecule has 2 fully saturated rings. The molecular formula is C16H22ClN3O2. The second-order valence-electron chi connectivity index (χ2n) is 6.22. The molecule has 1 atom stereocenters. The van der Waals surface area contributed by atoms with Crippen molar-refractivity contribution in [2.45, 2.75) is 18.9 Å². The summed E-state index contributed by atoms with van der Waals surface area (Å²) >= 11 is 6.39. The lowest BCUT2D eigenvalue weighted by atomic mass is 10.0. The number of rotatable bonds is 3. The number of halogens is 1. The average Bonchev–Trinajstić information content (AvgIpc) is 2.94. The maximum absolute atomic E-state index is 12.4. The first-order valence-corrected chi connectivity index (χ1v) is 8.11. The number of amides is 1. The Labute approximate surface area is 136 Å². The smallest absolute Gasteiger partial charge is 0.251 e. The van der Waals surface area contributed by atoms with E-state index in [-0.39, 0.29) is 11.4 Å². The van der Waals surface area contributed by atoms with Crippen molar-refractivity contribution in [2.24, 2.45) is 0 Å². The number of carbonyl (C=O) groups excluding carboxylic acids is 1. The maximum atomic E-state index is 12.4. The number of nitrogens with one attached hydrogen (secondary N) is 2.